The number of rotatable bonds is 6. The van der Waals surface area contributed by atoms with Gasteiger partial charge in [-0.2, -0.15) is 0 Å². The van der Waals surface area contributed by atoms with Gasteiger partial charge < -0.3 is 20.2 Å². The van der Waals surface area contributed by atoms with Crippen molar-refractivity contribution >= 4 is 11.7 Å². The quantitative estimate of drug-likeness (QED) is 0.634. The van der Waals surface area contributed by atoms with Crippen molar-refractivity contribution in [2.24, 2.45) is 5.92 Å². The zero-order chi connectivity index (χ0) is 15.3. The monoisotopic (exact) mass is 281 g/mol. The van der Waals surface area contributed by atoms with Crippen LogP contribution in [0.4, 0.5) is 5.82 Å². The summed E-state index contributed by atoms with van der Waals surface area (Å²) >= 11 is 0. The number of nitrogens with zero attached hydrogens (tertiary/aromatic N) is 2. The van der Waals surface area contributed by atoms with Gasteiger partial charge in [-0.1, -0.05) is 13.8 Å². The van der Waals surface area contributed by atoms with Crippen LogP contribution in [0.5, 0.6) is 5.75 Å². The molecule has 1 unspecified atom stereocenters. The Morgan fingerprint density at radius 1 is 1.45 bits per heavy atom. The summed E-state index contributed by atoms with van der Waals surface area (Å²) in [6, 6.07) is 3.05. The second-order valence-electron chi connectivity index (χ2n) is 4.92. The summed E-state index contributed by atoms with van der Waals surface area (Å²) in [7, 11) is 0. The van der Waals surface area contributed by atoms with Gasteiger partial charge in [0.05, 0.1) is 0 Å². The predicted octanol–water partition coefficient (Wildman–Crippen LogP) is 1.84. The predicted molar refractivity (Wildman–Crippen MR) is 73.6 cm³/mol. The van der Waals surface area contributed by atoms with Crippen molar-refractivity contribution in [3.8, 4) is 5.75 Å². The Balaban J connectivity index is 2.66. The number of aryl methyl sites for hydroxylation is 1. The molecule has 1 N–H and O–H groups in total. The van der Waals surface area contributed by atoms with Gasteiger partial charge in [-0.15, -0.1) is 0 Å². The molecule has 1 aromatic heterocycles. The number of carbonyl (C=O) groups excluding carboxylic acids is 1. The van der Waals surface area contributed by atoms with Gasteiger partial charge in [-0.3, -0.25) is 4.79 Å². The topological polar surface area (TPSA) is 94.4 Å². The fourth-order valence-corrected chi connectivity index (χ4v) is 1.38. The molecule has 1 rings (SSSR count). The number of nitrogens with one attached hydrogen (secondary N) is 1. The Bertz CT molecular complexity index is 502. The Hall–Kier alpha value is -2.18. The smallest absolute Gasteiger partial charge is 0.406 e. The number of hydrogen-bond acceptors (Lipinski definition) is 5. The van der Waals surface area contributed by atoms with E-state index >= 15 is 0 Å². The van der Waals surface area contributed by atoms with Gasteiger partial charge in [0.2, 0.25) is 5.75 Å². The number of carbonyl (C=O) groups is 1. The number of amides is 1. The third-order valence-electron chi connectivity index (χ3n) is 2.90. The molecule has 0 aliphatic carbocycles. The first-order valence-electron chi connectivity index (χ1n) is 6.35. The van der Waals surface area contributed by atoms with Gasteiger partial charge in [0, 0.05) is 13.0 Å². The second-order valence-corrected chi connectivity index (χ2v) is 4.92. The van der Waals surface area contributed by atoms with Crippen molar-refractivity contribution in [1.82, 2.24) is 10.3 Å². The van der Waals surface area contributed by atoms with Crippen molar-refractivity contribution in [2.75, 3.05) is 6.61 Å². The molecule has 1 amide bonds. The standard InChI is InChI=1S/C13H19N3O4/c1-8(2)10(4)15-12(17)7-20-11-6-5-9(3)14-13(11)16(18)19/h5-6,8,10H,7H2,1-4H3,(H,15,17). The molecule has 0 radical (unpaired) electrons. The number of nitro groups is 1. The maximum absolute atomic E-state index is 11.7. The van der Waals surface area contributed by atoms with E-state index in [2.05, 4.69) is 10.3 Å². The van der Waals surface area contributed by atoms with Crippen LogP contribution in [0.2, 0.25) is 0 Å². The molecule has 0 aliphatic heterocycles. The number of ether oxygens (including phenoxy) is 1. The third-order valence-corrected chi connectivity index (χ3v) is 2.90. The SMILES string of the molecule is Cc1ccc(OCC(=O)NC(C)C(C)C)c([N+](=O)[O-])n1. The van der Waals surface area contributed by atoms with Gasteiger partial charge in [0.1, 0.15) is 5.69 Å². The highest BCUT2D eigenvalue weighted by Crippen LogP contribution is 2.24. The summed E-state index contributed by atoms with van der Waals surface area (Å²) in [5, 5.41) is 13.6. The molecule has 0 aromatic carbocycles. The minimum atomic E-state index is -0.628. The largest absolute Gasteiger partial charge is 0.476 e. The summed E-state index contributed by atoms with van der Waals surface area (Å²) in [6.07, 6.45) is 0. The maximum Gasteiger partial charge on any atom is 0.406 e. The fourth-order valence-electron chi connectivity index (χ4n) is 1.38. The van der Waals surface area contributed by atoms with E-state index in [-0.39, 0.29) is 30.1 Å². The summed E-state index contributed by atoms with van der Waals surface area (Å²) in [6.45, 7) is 7.23. The van der Waals surface area contributed by atoms with Crippen molar-refractivity contribution < 1.29 is 14.5 Å². The lowest BCUT2D eigenvalue weighted by molar-refractivity contribution is -0.390. The molecule has 20 heavy (non-hydrogen) atoms. The number of hydrogen-bond donors (Lipinski definition) is 1. The van der Waals surface area contributed by atoms with Crippen LogP contribution in [-0.4, -0.2) is 28.5 Å². The van der Waals surface area contributed by atoms with Gasteiger partial charge >= 0.3 is 5.82 Å². The lowest BCUT2D eigenvalue weighted by Gasteiger charge is -2.17. The molecule has 1 atom stereocenters. The molecule has 110 valence electrons. The Morgan fingerprint density at radius 2 is 2.10 bits per heavy atom. The average molecular weight is 281 g/mol. The highest BCUT2D eigenvalue weighted by molar-refractivity contribution is 5.77. The van der Waals surface area contributed by atoms with Crippen LogP contribution in [-0.2, 0) is 4.79 Å². The molecule has 0 saturated carbocycles. The van der Waals surface area contributed by atoms with E-state index in [0.29, 0.717) is 11.6 Å². The zero-order valence-electron chi connectivity index (χ0n) is 12.0. The minimum absolute atomic E-state index is 0.00653. The molecule has 0 fully saturated rings. The molecule has 7 heteroatoms. The van der Waals surface area contributed by atoms with E-state index < -0.39 is 4.92 Å². The van der Waals surface area contributed by atoms with Crippen molar-refractivity contribution in [1.29, 1.82) is 0 Å². The van der Waals surface area contributed by atoms with Crippen LogP contribution in [0.25, 0.3) is 0 Å². The van der Waals surface area contributed by atoms with Gasteiger partial charge in [0.25, 0.3) is 5.91 Å². The van der Waals surface area contributed by atoms with Gasteiger partial charge in [-0.25, -0.2) is 0 Å². The van der Waals surface area contributed by atoms with Crippen LogP contribution >= 0.6 is 0 Å². The van der Waals surface area contributed by atoms with Crippen LogP contribution in [0.15, 0.2) is 12.1 Å². The van der Waals surface area contributed by atoms with E-state index in [1.807, 2.05) is 20.8 Å². The maximum atomic E-state index is 11.7. The number of aromatic nitrogens is 1. The normalized spacial score (nSPS) is 12.1. The molecule has 1 aromatic rings. The first-order valence-corrected chi connectivity index (χ1v) is 6.35. The summed E-state index contributed by atoms with van der Waals surface area (Å²) in [5.74, 6) is -0.405. The highest BCUT2D eigenvalue weighted by Gasteiger charge is 2.19. The lowest BCUT2D eigenvalue weighted by Crippen LogP contribution is -2.39. The molecule has 1 heterocycles. The molecule has 0 spiro atoms. The van der Waals surface area contributed by atoms with E-state index in [1.54, 1.807) is 13.0 Å². The van der Waals surface area contributed by atoms with Gasteiger partial charge in [0.15, 0.2) is 6.61 Å². The fraction of sp³-hybridized carbons (Fsp3) is 0.538. The zero-order valence-corrected chi connectivity index (χ0v) is 12.0. The lowest BCUT2D eigenvalue weighted by atomic mass is 10.1. The molecule has 7 nitrogen and oxygen atoms in total. The van der Waals surface area contributed by atoms with E-state index in [0.717, 1.165) is 0 Å². The van der Waals surface area contributed by atoms with Gasteiger partial charge in [-0.05, 0) is 34.9 Å². The van der Waals surface area contributed by atoms with Crippen LogP contribution in [0.3, 0.4) is 0 Å². The van der Waals surface area contributed by atoms with E-state index in [9.17, 15) is 14.9 Å². The van der Waals surface area contributed by atoms with Crippen molar-refractivity contribution in [2.45, 2.75) is 33.7 Å². The Kier molecular flexibility index (Phi) is 5.42. The van der Waals surface area contributed by atoms with E-state index in [1.165, 1.54) is 6.07 Å². The highest BCUT2D eigenvalue weighted by atomic mass is 16.6. The number of pyridine rings is 1. The Labute approximate surface area is 117 Å². The summed E-state index contributed by atoms with van der Waals surface area (Å²) < 4.78 is 5.18. The van der Waals surface area contributed by atoms with Crippen LogP contribution in [0.1, 0.15) is 26.5 Å². The van der Waals surface area contributed by atoms with Crippen molar-refractivity contribution in [3.05, 3.63) is 27.9 Å². The first kappa shape index (κ1) is 15.9. The molecule has 0 aliphatic rings. The molecule has 0 bridgehead atoms. The second kappa shape index (κ2) is 6.83. The average Bonchev–Trinajstić information content (AvgIpc) is 2.36. The molecular weight excluding hydrogens is 262 g/mol. The molecule has 0 saturated heterocycles. The summed E-state index contributed by atoms with van der Waals surface area (Å²) in [5.41, 5.74) is 0.516. The minimum Gasteiger partial charge on any atom is -0.476 e. The Morgan fingerprint density at radius 3 is 2.65 bits per heavy atom. The van der Waals surface area contributed by atoms with Crippen molar-refractivity contribution in [3.63, 3.8) is 0 Å². The van der Waals surface area contributed by atoms with Crippen LogP contribution in [0, 0.1) is 23.0 Å². The van der Waals surface area contributed by atoms with Crippen LogP contribution < -0.4 is 10.1 Å². The first-order chi connectivity index (χ1) is 9.31. The third kappa shape index (κ3) is 4.49. The molecular formula is C13H19N3O4. The van der Waals surface area contributed by atoms with E-state index in [4.69, 9.17) is 4.74 Å². The summed E-state index contributed by atoms with van der Waals surface area (Å²) in [4.78, 5) is 25.7.